The fraction of sp³-hybridized carbons (Fsp3) is 0.650. The monoisotopic (exact) mass is 347 g/mol. The zero-order valence-corrected chi connectivity index (χ0v) is 16.2. The number of benzene rings is 1. The second-order valence-electron chi connectivity index (χ2n) is 6.86. The number of ether oxygens (including phenoxy) is 2. The molecule has 0 amide bonds. The van der Waals surface area contributed by atoms with E-state index in [1.165, 1.54) is 24.0 Å². The van der Waals surface area contributed by atoms with E-state index in [4.69, 9.17) is 9.47 Å². The quantitative estimate of drug-likeness (QED) is 0.388. The summed E-state index contributed by atoms with van der Waals surface area (Å²) in [4.78, 5) is 4.34. The van der Waals surface area contributed by atoms with Crippen LogP contribution in [0, 0.1) is 12.3 Å². The van der Waals surface area contributed by atoms with Gasteiger partial charge in [-0.15, -0.1) is 0 Å². The van der Waals surface area contributed by atoms with Crippen molar-refractivity contribution >= 4 is 5.96 Å². The van der Waals surface area contributed by atoms with Gasteiger partial charge < -0.3 is 20.1 Å². The molecule has 1 fully saturated rings. The topological polar surface area (TPSA) is 54.9 Å². The lowest BCUT2D eigenvalue weighted by molar-refractivity contribution is 0.128. The Morgan fingerprint density at radius 1 is 1.28 bits per heavy atom. The zero-order valence-electron chi connectivity index (χ0n) is 16.2. The lowest BCUT2D eigenvalue weighted by Crippen LogP contribution is -2.41. The van der Waals surface area contributed by atoms with E-state index < -0.39 is 0 Å². The second kappa shape index (κ2) is 9.66. The Balaban J connectivity index is 1.75. The first-order chi connectivity index (χ1) is 12.1. The molecular weight excluding hydrogens is 314 g/mol. The number of aliphatic imine (C=N–C) groups is 1. The van der Waals surface area contributed by atoms with Crippen molar-refractivity contribution in [2.24, 2.45) is 10.4 Å². The summed E-state index contributed by atoms with van der Waals surface area (Å²) in [7, 11) is 3.54. The van der Waals surface area contributed by atoms with E-state index >= 15 is 0 Å². The van der Waals surface area contributed by atoms with Crippen LogP contribution in [0.15, 0.2) is 23.2 Å². The maximum absolute atomic E-state index is 5.50. The summed E-state index contributed by atoms with van der Waals surface area (Å²) < 4.78 is 10.9. The average Bonchev–Trinajstić information content (AvgIpc) is 3.38. The highest BCUT2D eigenvalue weighted by atomic mass is 16.5. The smallest absolute Gasteiger partial charge is 0.191 e. The molecule has 140 valence electrons. The number of nitrogens with zero attached hydrogens (tertiary/aromatic N) is 1. The molecule has 0 aromatic heterocycles. The molecule has 2 N–H and O–H groups in total. The molecule has 0 saturated heterocycles. The van der Waals surface area contributed by atoms with Crippen LogP contribution in [-0.2, 0) is 11.2 Å². The van der Waals surface area contributed by atoms with Crippen molar-refractivity contribution in [2.45, 2.75) is 39.5 Å². The van der Waals surface area contributed by atoms with Crippen LogP contribution in [0.25, 0.3) is 0 Å². The molecule has 1 aromatic rings. The maximum atomic E-state index is 5.50. The summed E-state index contributed by atoms with van der Waals surface area (Å²) in [5.74, 6) is 1.82. The van der Waals surface area contributed by atoms with Crippen LogP contribution in [0.4, 0.5) is 0 Å². The normalized spacial score (nSPS) is 15.8. The van der Waals surface area contributed by atoms with Gasteiger partial charge >= 0.3 is 0 Å². The van der Waals surface area contributed by atoms with E-state index in [-0.39, 0.29) is 0 Å². The Morgan fingerprint density at radius 2 is 2.08 bits per heavy atom. The molecule has 5 nitrogen and oxygen atoms in total. The van der Waals surface area contributed by atoms with E-state index in [9.17, 15) is 0 Å². The van der Waals surface area contributed by atoms with E-state index in [0.717, 1.165) is 50.9 Å². The second-order valence-corrected chi connectivity index (χ2v) is 6.86. The third kappa shape index (κ3) is 6.24. The van der Waals surface area contributed by atoms with Crippen LogP contribution < -0.4 is 15.4 Å². The molecule has 2 rings (SSSR count). The molecule has 1 aliphatic carbocycles. The van der Waals surface area contributed by atoms with E-state index in [2.05, 4.69) is 34.7 Å². The molecule has 0 radical (unpaired) electrons. The summed E-state index contributed by atoms with van der Waals surface area (Å²) in [6, 6.07) is 6.30. The van der Waals surface area contributed by atoms with Gasteiger partial charge in [0.15, 0.2) is 5.96 Å². The highest BCUT2D eigenvalue weighted by Gasteiger charge is 2.41. The van der Waals surface area contributed by atoms with Crippen LogP contribution in [-0.4, -0.2) is 46.4 Å². The highest BCUT2D eigenvalue weighted by molar-refractivity contribution is 5.79. The minimum absolute atomic E-state index is 0.409. The van der Waals surface area contributed by atoms with Crippen LogP contribution in [0.3, 0.4) is 0 Å². The summed E-state index contributed by atoms with van der Waals surface area (Å²) in [5.41, 5.74) is 2.89. The van der Waals surface area contributed by atoms with Gasteiger partial charge in [0.05, 0.1) is 7.11 Å². The molecule has 1 saturated carbocycles. The lowest BCUT2D eigenvalue weighted by Gasteiger charge is -2.18. The van der Waals surface area contributed by atoms with Crippen LogP contribution >= 0.6 is 0 Å². The molecule has 0 atom stereocenters. The minimum atomic E-state index is 0.409. The first-order valence-corrected chi connectivity index (χ1v) is 9.28. The number of hydrogen-bond acceptors (Lipinski definition) is 3. The number of hydrogen-bond donors (Lipinski definition) is 2. The Morgan fingerprint density at radius 3 is 2.72 bits per heavy atom. The van der Waals surface area contributed by atoms with Gasteiger partial charge in [-0.2, -0.15) is 0 Å². The summed E-state index contributed by atoms with van der Waals surface area (Å²) in [5, 5.41) is 6.89. The third-order valence-electron chi connectivity index (χ3n) is 4.92. The van der Waals surface area contributed by atoms with Gasteiger partial charge in [0.2, 0.25) is 0 Å². The maximum Gasteiger partial charge on any atom is 0.191 e. The van der Waals surface area contributed by atoms with E-state index in [0.29, 0.717) is 5.41 Å². The molecule has 1 aliphatic rings. The Hall–Kier alpha value is -1.75. The van der Waals surface area contributed by atoms with Crippen LogP contribution in [0.5, 0.6) is 5.75 Å². The summed E-state index contributed by atoms with van der Waals surface area (Å²) >= 11 is 0. The van der Waals surface area contributed by atoms with Gasteiger partial charge in [0.1, 0.15) is 5.75 Å². The predicted molar refractivity (Wildman–Crippen MR) is 104 cm³/mol. The van der Waals surface area contributed by atoms with Gasteiger partial charge in [-0.05, 0) is 56.6 Å². The van der Waals surface area contributed by atoms with Gasteiger partial charge in [0, 0.05) is 33.4 Å². The minimum Gasteiger partial charge on any atom is -0.496 e. The first-order valence-electron chi connectivity index (χ1n) is 9.28. The molecular formula is C20H33N3O2. The molecule has 0 unspecified atom stereocenters. The lowest BCUT2D eigenvalue weighted by atomic mass is 10.0. The van der Waals surface area contributed by atoms with Crippen molar-refractivity contribution in [3.8, 4) is 5.75 Å². The van der Waals surface area contributed by atoms with Crippen molar-refractivity contribution in [1.29, 1.82) is 0 Å². The van der Waals surface area contributed by atoms with Gasteiger partial charge in [-0.25, -0.2) is 0 Å². The molecule has 0 spiro atoms. The van der Waals surface area contributed by atoms with Gasteiger partial charge in [-0.1, -0.05) is 17.7 Å². The van der Waals surface area contributed by atoms with E-state index in [1.54, 1.807) is 7.11 Å². The van der Waals surface area contributed by atoms with Crippen molar-refractivity contribution in [1.82, 2.24) is 10.6 Å². The standard InChI is InChI=1S/C20H33N3O2/c1-5-25-13-11-20(9-10-20)15-23-19(21-3)22-12-8-17-14-16(2)6-7-18(17)24-4/h6-7,14H,5,8-13,15H2,1-4H3,(H2,21,22,23). The molecule has 25 heavy (non-hydrogen) atoms. The van der Waals surface area contributed by atoms with Crippen LogP contribution in [0.2, 0.25) is 0 Å². The molecule has 1 aromatic carbocycles. The van der Waals surface area contributed by atoms with Gasteiger partial charge in [-0.3, -0.25) is 4.99 Å². The fourth-order valence-corrected chi connectivity index (χ4v) is 3.04. The Labute approximate surface area is 152 Å². The van der Waals surface area contributed by atoms with Crippen molar-refractivity contribution in [3.05, 3.63) is 29.3 Å². The molecule has 0 heterocycles. The third-order valence-corrected chi connectivity index (χ3v) is 4.92. The largest absolute Gasteiger partial charge is 0.496 e. The fourth-order valence-electron chi connectivity index (χ4n) is 3.04. The van der Waals surface area contributed by atoms with Crippen molar-refractivity contribution in [2.75, 3.05) is 40.5 Å². The molecule has 5 heteroatoms. The number of methoxy groups -OCH3 is 1. The number of nitrogens with one attached hydrogen (secondary N) is 2. The summed E-state index contributed by atoms with van der Waals surface area (Å²) in [6.45, 7) is 7.60. The molecule has 0 aliphatic heterocycles. The first kappa shape index (κ1) is 19.6. The van der Waals surface area contributed by atoms with Crippen molar-refractivity contribution < 1.29 is 9.47 Å². The number of rotatable bonds is 10. The average molecular weight is 348 g/mol. The SMILES string of the molecule is CCOCCC1(CNC(=NC)NCCc2cc(C)ccc2OC)CC1. The van der Waals surface area contributed by atoms with Crippen LogP contribution in [0.1, 0.15) is 37.3 Å². The molecule has 0 bridgehead atoms. The highest BCUT2D eigenvalue weighted by Crippen LogP contribution is 2.48. The van der Waals surface area contributed by atoms with Crippen molar-refractivity contribution in [3.63, 3.8) is 0 Å². The number of guanidine groups is 1. The summed E-state index contributed by atoms with van der Waals surface area (Å²) in [6.07, 6.45) is 4.60. The predicted octanol–water partition coefficient (Wildman–Crippen LogP) is 2.92. The Bertz CT molecular complexity index is 568. The van der Waals surface area contributed by atoms with E-state index in [1.807, 2.05) is 20.0 Å². The zero-order chi connectivity index (χ0) is 18.1. The van der Waals surface area contributed by atoms with Gasteiger partial charge in [0.25, 0.3) is 0 Å². The number of aryl methyl sites for hydroxylation is 1. The Kier molecular flexibility index (Phi) is 7.56.